The van der Waals surface area contributed by atoms with Crippen LogP contribution in [-0.2, 0) is 11.8 Å². The van der Waals surface area contributed by atoms with E-state index in [0.717, 1.165) is 29.7 Å². The zero-order chi connectivity index (χ0) is 15.1. The van der Waals surface area contributed by atoms with E-state index in [1.165, 1.54) is 10.9 Å². The van der Waals surface area contributed by atoms with E-state index >= 15 is 0 Å². The van der Waals surface area contributed by atoms with Gasteiger partial charge in [0, 0.05) is 24.3 Å². The minimum absolute atomic E-state index is 0.186. The van der Waals surface area contributed by atoms with Crippen LogP contribution in [0.15, 0.2) is 35.4 Å². The van der Waals surface area contributed by atoms with Crippen LogP contribution in [0.3, 0.4) is 0 Å². The van der Waals surface area contributed by atoms with Crippen LogP contribution >= 0.6 is 0 Å². The van der Waals surface area contributed by atoms with E-state index in [4.69, 9.17) is 0 Å². The molecule has 3 nitrogen and oxygen atoms in total. The number of fused-ring (bicyclic) bond motifs is 1. The molecule has 1 heterocycles. The lowest BCUT2D eigenvalue weighted by atomic mass is 9.69. The second-order valence-electron chi connectivity index (χ2n) is 6.38. The molecular weight excluding hydrogens is 260 g/mol. The Morgan fingerprint density at radius 1 is 1.19 bits per heavy atom. The average Bonchev–Trinajstić information content (AvgIpc) is 2.74. The Labute approximate surface area is 125 Å². The number of carbonyl (C=O) groups excluding carboxylic acids is 1. The highest BCUT2D eigenvalue weighted by molar-refractivity contribution is 5.98. The highest BCUT2D eigenvalue weighted by Gasteiger charge is 2.37. The van der Waals surface area contributed by atoms with Crippen molar-refractivity contribution in [1.82, 2.24) is 9.78 Å². The SMILES string of the molecule is CC(C)=C(C)C(=O)C1CC(c2nn(C)c3ccccc23)C1. The third-order valence-corrected chi connectivity index (χ3v) is 4.80. The summed E-state index contributed by atoms with van der Waals surface area (Å²) in [4.78, 5) is 12.3. The van der Waals surface area contributed by atoms with E-state index in [1.54, 1.807) is 0 Å². The first kappa shape index (κ1) is 14.1. The van der Waals surface area contributed by atoms with Crippen LogP contribution in [0.1, 0.15) is 45.2 Å². The molecule has 3 rings (SSSR count). The Morgan fingerprint density at radius 3 is 2.52 bits per heavy atom. The minimum Gasteiger partial charge on any atom is -0.294 e. The first-order valence-corrected chi connectivity index (χ1v) is 7.59. The molecule has 0 bridgehead atoms. The normalized spacial score (nSPS) is 21.1. The molecule has 0 amide bonds. The van der Waals surface area contributed by atoms with Gasteiger partial charge in [0.2, 0.25) is 0 Å². The molecule has 0 aliphatic heterocycles. The van der Waals surface area contributed by atoms with Gasteiger partial charge in [-0.2, -0.15) is 5.10 Å². The molecule has 21 heavy (non-hydrogen) atoms. The van der Waals surface area contributed by atoms with E-state index in [0.29, 0.717) is 11.7 Å². The van der Waals surface area contributed by atoms with Crippen LogP contribution < -0.4 is 0 Å². The molecule has 1 fully saturated rings. The zero-order valence-electron chi connectivity index (χ0n) is 13.2. The van der Waals surface area contributed by atoms with Gasteiger partial charge in [-0.3, -0.25) is 9.48 Å². The van der Waals surface area contributed by atoms with Crippen LogP contribution in [0.25, 0.3) is 10.9 Å². The fourth-order valence-corrected chi connectivity index (χ4v) is 3.15. The summed E-state index contributed by atoms with van der Waals surface area (Å²) in [5, 5.41) is 5.91. The maximum atomic E-state index is 12.3. The van der Waals surface area contributed by atoms with Crippen molar-refractivity contribution in [3.8, 4) is 0 Å². The molecule has 0 spiro atoms. The van der Waals surface area contributed by atoms with Crippen molar-refractivity contribution in [1.29, 1.82) is 0 Å². The number of carbonyl (C=O) groups is 1. The molecule has 1 aromatic heterocycles. The van der Waals surface area contributed by atoms with Crippen LogP contribution in [0.4, 0.5) is 0 Å². The van der Waals surface area contributed by atoms with Gasteiger partial charge in [0.05, 0.1) is 11.2 Å². The molecule has 0 saturated heterocycles. The number of para-hydroxylation sites is 1. The first-order valence-electron chi connectivity index (χ1n) is 7.59. The van der Waals surface area contributed by atoms with E-state index < -0.39 is 0 Å². The molecule has 110 valence electrons. The number of allylic oxidation sites excluding steroid dienone is 2. The van der Waals surface area contributed by atoms with Crippen molar-refractivity contribution in [2.45, 2.75) is 39.5 Å². The summed E-state index contributed by atoms with van der Waals surface area (Å²) in [5.74, 6) is 0.937. The first-order chi connectivity index (χ1) is 9.99. The Morgan fingerprint density at radius 2 is 1.86 bits per heavy atom. The van der Waals surface area contributed by atoms with Crippen LogP contribution in [-0.4, -0.2) is 15.6 Å². The lowest BCUT2D eigenvalue weighted by Crippen LogP contribution is -2.30. The Hall–Kier alpha value is -1.90. The van der Waals surface area contributed by atoms with E-state index in [-0.39, 0.29) is 5.92 Å². The average molecular weight is 282 g/mol. The molecule has 1 aliphatic rings. The van der Waals surface area contributed by atoms with Gasteiger partial charge < -0.3 is 0 Å². The second kappa shape index (κ2) is 5.14. The van der Waals surface area contributed by atoms with E-state index in [1.807, 2.05) is 38.6 Å². The maximum Gasteiger partial charge on any atom is 0.161 e. The summed E-state index contributed by atoms with van der Waals surface area (Å²) >= 11 is 0. The highest BCUT2D eigenvalue weighted by atomic mass is 16.1. The zero-order valence-corrected chi connectivity index (χ0v) is 13.2. The number of nitrogens with zero attached hydrogens (tertiary/aromatic N) is 2. The van der Waals surface area contributed by atoms with Gasteiger partial charge in [-0.25, -0.2) is 0 Å². The minimum atomic E-state index is 0.186. The van der Waals surface area contributed by atoms with Crippen molar-refractivity contribution < 1.29 is 4.79 Å². The standard InChI is InChI=1S/C18H22N2O/c1-11(2)12(3)18(21)14-9-13(10-14)17-15-7-5-6-8-16(15)20(4)19-17/h5-8,13-14H,9-10H2,1-4H3. The van der Waals surface area contributed by atoms with Gasteiger partial charge in [0.15, 0.2) is 5.78 Å². The molecule has 0 unspecified atom stereocenters. The summed E-state index contributed by atoms with van der Waals surface area (Å²) in [5.41, 5.74) is 4.39. The lowest BCUT2D eigenvalue weighted by molar-refractivity contribution is -0.122. The monoisotopic (exact) mass is 282 g/mol. The van der Waals surface area contributed by atoms with Gasteiger partial charge >= 0.3 is 0 Å². The van der Waals surface area contributed by atoms with Crippen molar-refractivity contribution in [3.05, 3.63) is 41.1 Å². The number of rotatable bonds is 3. The number of aromatic nitrogens is 2. The Kier molecular flexibility index (Phi) is 3.44. The van der Waals surface area contributed by atoms with Crippen LogP contribution in [0.5, 0.6) is 0 Å². The quantitative estimate of drug-likeness (QED) is 0.798. The fourth-order valence-electron chi connectivity index (χ4n) is 3.15. The van der Waals surface area contributed by atoms with Gasteiger partial charge in [0.1, 0.15) is 0 Å². The molecular formula is C18H22N2O. The molecule has 2 aromatic rings. The van der Waals surface area contributed by atoms with Crippen molar-refractivity contribution in [2.75, 3.05) is 0 Å². The third kappa shape index (κ3) is 2.31. The predicted molar refractivity (Wildman–Crippen MR) is 85.2 cm³/mol. The molecule has 0 N–H and O–H groups in total. The van der Waals surface area contributed by atoms with Crippen LogP contribution in [0, 0.1) is 5.92 Å². The molecule has 3 heteroatoms. The molecule has 1 aromatic carbocycles. The van der Waals surface area contributed by atoms with Crippen LogP contribution in [0.2, 0.25) is 0 Å². The number of Topliss-reactive ketones (excluding diaryl/α,β-unsaturated/α-hetero) is 1. The number of aryl methyl sites for hydroxylation is 1. The largest absolute Gasteiger partial charge is 0.294 e. The van der Waals surface area contributed by atoms with Crippen molar-refractivity contribution >= 4 is 16.7 Å². The summed E-state index contributed by atoms with van der Waals surface area (Å²) in [6.07, 6.45) is 1.87. The highest BCUT2D eigenvalue weighted by Crippen LogP contribution is 2.44. The smallest absolute Gasteiger partial charge is 0.161 e. The van der Waals surface area contributed by atoms with Gasteiger partial charge in [0.25, 0.3) is 0 Å². The molecule has 1 aliphatic carbocycles. The maximum absolute atomic E-state index is 12.3. The van der Waals surface area contributed by atoms with Gasteiger partial charge in [-0.1, -0.05) is 23.8 Å². The fraction of sp³-hybridized carbons (Fsp3) is 0.444. The Bertz CT molecular complexity index is 729. The Balaban J connectivity index is 1.80. The number of hydrogen-bond donors (Lipinski definition) is 0. The van der Waals surface area contributed by atoms with Gasteiger partial charge in [-0.05, 0) is 45.3 Å². The predicted octanol–water partition coefficient (Wildman–Crippen LogP) is 3.99. The van der Waals surface area contributed by atoms with E-state index in [9.17, 15) is 4.79 Å². The van der Waals surface area contributed by atoms with E-state index in [2.05, 4.69) is 23.3 Å². The van der Waals surface area contributed by atoms with Crippen molar-refractivity contribution in [3.63, 3.8) is 0 Å². The number of benzene rings is 1. The third-order valence-electron chi connectivity index (χ3n) is 4.80. The molecule has 0 atom stereocenters. The topological polar surface area (TPSA) is 34.9 Å². The molecule has 0 radical (unpaired) electrons. The molecule has 1 saturated carbocycles. The summed E-state index contributed by atoms with van der Waals surface area (Å²) in [6.45, 7) is 5.96. The van der Waals surface area contributed by atoms with Gasteiger partial charge in [-0.15, -0.1) is 0 Å². The lowest BCUT2D eigenvalue weighted by Gasteiger charge is -2.33. The number of ketones is 1. The second-order valence-corrected chi connectivity index (χ2v) is 6.38. The summed E-state index contributed by atoms with van der Waals surface area (Å²) < 4.78 is 1.95. The summed E-state index contributed by atoms with van der Waals surface area (Å²) in [6, 6.07) is 8.33. The summed E-state index contributed by atoms with van der Waals surface area (Å²) in [7, 11) is 1.99. The number of hydrogen-bond acceptors (Lipinski definition) is 2. The van der Waals surface area contributed by atoms with Crippen molar-refractivity contribution in [2.24, 2.45) is 13.0 Å².